The topological polar surface area (TPSA) is 64.1 Å². The summed E-state index contributed by atoms with van der Waals surface area (Å²) in [5.41, 5.74) is 1.92. The minimum Gasteiger partial charge on any atom is -0.423 e. The summed E-state index contributed by atoms with van der Waals surface area (Å²) in [6.07, 6.45) is 1.50. The van der Waals surface area contributed by atoms with Crippen LogP contribution < -0.4 is 10.1 Å². The van der Waals surface area contributed by atoms with E-state index in [1.807, 2.05) is 24.3 Å². The van der Waals surface area contributed by atoms with Crippen molar-refractivity contribution in [1.29, 1.82) is 0 Å². The van der Waals surface area contributed by atoms with Crippen LogP contribution in [0.1, 0.15) is 10.4 Å². The standard InChI is InChI=1S/C21H14FN3O2/c22-15-7-5-14(6-8-15)21(26)27-17-11-9-16(10-12-17)25-20-18-3-1-2-4-19(18)23-13-24-20/h1-13H,(H,23,24,25). The number of halogens is 1. The van der Waals surface area contributed by atoms with Crippen molar-refractivity contribution in [1.82, 2.24) is 9.97 Å². The molecular formula is C21H14FN3O2. The molecule has 27 heavy (non-hydrogen) atoms. The van der Waals surface area contributed by atoms with Gasteiger partial charge in [0.25, 0.3) is 0 Å². The van der Waals surface area contributed by atoms with Crippen LogP contribution in [0.2, 0.25) is 0 Å². The number of carbonyl (C=O) groups is 1. The normalized spacial score (nSPS) is 10.6. The van der Waals surface area contributed by atoms with Crippen LogP contribution in [0.5, 0.6) is 5.75 Å². The third-order valence-electron chi connectivity index (χ3n) is 3.95. The first-order valence-electron chi connectivity index (χ1n) is 8.24. The van der Waals surface area contributed by atoms with Crippen LogP contribution in [0.4, 0.5) is 15.9 Å². The number of nitrogens with zero attached hydrogens (tertiary/aromatic N) is 2. The highest BCUT2D eigenvalue weighted by Crippen LogP contribution is 2.24. The molecule has 132 valence electrons. The zero-order chi connectivity index (χ0) is 18.6. The van der Waals surface area contributed by atoms with E-state index in [9.17, 15) is 9.18 Å². The van der Waals surface area contributed by atoms with Gasteiger partial charge in [-0.05, 0) is 60.7 Å². The maximum absolute atomic E-state index is 12.9. The predicted molar refractivity (Wildman–Crippen MR) is 101 cm³/mol. The van der Waals surface area contributed by atoms with Gasteiger partial charge in [-0.1, -0.05) is 12.1 Å². The van der Waals surface area contributed by atoms with Crippen molar-refractivity contribution in [3.05, 3.63) is 90.5 Å². The van der Waals surface area contributed by atoms with Gasteiger partial charge in [0.15, 0.2) is 0 Å². The molecule has 5 nitrogen and oxygen atoms in total. The summed E-state index contributed by atoms with van der Waals surface area (Å²) in [6.45, 7) is 0. The lowest BCUT2D eigenvalue weighted by Crippen LogP contribution is -2.08. The zero-order valence-corrected chi connectivity index (χ0v) is 14.1. The van der Waals surface area contributed by atoms with Crippen LogP contribution >= 0.6 is 0 Å². The number of hydrogen-bond donors (Lipinski definition) is 1. The van der Waals surface area contributed by atoms with Gasteiger partial charge in [0.05, 0.1) is 11.1 Å². The van der Waals surface area contributed by atoms with Crippen molar-refractivity contribution in [2.45, 2.75) is 0 Å². The number of para-hydroxylation sites is 1. The number of ether oxygens (including phenoxy) is 1. The van der Waals surface area contributed by atoms with Crippen LogP contribution in [0.15, 0.2) is 79.1 Å². The summed E-state index contributed by atoms with van der Waals surface area (Å²) < 4.78 is 18.2. The maximum atomic E-state index is 12.9. The van der Waals surface area contributed by atoms with E-state index in [-0.39, 0.29) is 5.56 Å². The Balaban J connectivity index is 1.49. The Morgan fingerprint density at radius 2 is 1.63 bits per heavy atom. The number of aromatic nitrogens is 2. The molecule has 4 rings (SSSR count). The lowest BCUT2D eigenvalue weighted by Gasteiger charge is -2.09. The molecule has 0 radical (unpaired) electrons. The Kier molecular flexibility index (Phi) is 4.45. The predicted octanol–water partition coefficient (Wildman–Crippen LogP) is 4.73. The van der Waals surface area contributed by atoms with Crippen LogP contribution in [-0.2, 0) is 0 Å². The number of hydrogen-bond acceptors (Lipinski definition) is 5. The highest BCUT2D eigenvalue weighted by atomic mass is 19.1. The van der Waals surface area contributed by atoms with E-state index in [0.717, 1.165) is 16.6 Å². The minimum atomic E-state index is -0.544. The van der Waals surface area contributed by atoms with Gasteiger partial charge < -0.3 is 10.1 Å². The summed E-state index contributed by atoms with van der Waals surface area (Å²) in [5.74, 6) is 0.135. The first-order valence-corrected chi connectivity index (χ1v) is 8.24. The van der Waals surface area contributed by atoms with E-state index in [1.165, 1.54) is 30.6 Å². The number of rotatable bonds is 4. The average molecular weight is 359 g/mol. The third-order valence-corrected chi connectivity index (χ3v) is 3.95. The summed E-state index contributed by atoms with van der Waals surface area (Å²) in [7, 11) is 0. The van der Waals surface area contributed by atoms with E-state index in [1.54, 1.807) is 24.3 Å². The molecule has 0 aliphatic rings. The van der Waals surface area contributed by atoms with E-state index in [4.69, 9.17) is 4.74 Å². The molecule has 0 aliphatic heterocycles. The fraction of sp³-hybridized carbons (Fsp3) is 0. The van der Waals surface area contributed by atoms with E-state index >= 15 is 0 Å². The van der Waals surface area contributed by atoms with Crippen molar-refractivity contribution in [2.75, 3.05) is 5.32 Å². The van der Waals surface area contributed by atoms with Gasteiger partial charge in [0.2, 0.25) is 0 Å². The molecule has 0 bridgehead atoms. The number of anilines is 2. The SMILES string of the molecule is O=C(Oc1ccc(Nc2ncnc3ccccc23)cc1)c1ccc(F)cc1. The molecule has 1 heterocycles. The largest absolute Gasteiger partial charge is 0.423 e. The molecule has 0 atom stereocenters. The van der Waals surface area contributed by atoms with E-state index in [0.29, 0.717) is 11.6 Å². The van der Waals surface area contributed by atoms with E-state index < -0.39 is 11.8 Å². The molecule has 1 aromatic heterocycles. The minimum absolute atomic E-state index is 0.283. The molecule has 0 amide bonds. The molecule has 0 aliphatic carbocycles. The van der Waals surface area contributed by atoms with Crippen LogP contribution in [0, 0.1) is 5.82 Å². The molecule has 1 N–H and O–H groups in total. The van der Waals surface area contributed by atoms with Crippen molar-refractivity contribution in [3.63, 3.8) is 0 Å². The molecule has 0 unspecified atom stereocenters. The fourth-order valence-electron chi connectivity index (χ4n) is 2.60. The number of esters is 1. The van der Waals surface area contributed by atoms with Gasteiger partial charge >= 0.3 is 5.97 Å². The van der Waals surface area contributed by atoms with Crippen LogP contribution in [0.3, 0.4) is 0 Å². The number of benzene rings is 3. The molecule has 3 aromatic carbocycles. The van der Waals surface area contributed by atoms with Crippen LogP contribution in [0.25, 0.3) is 10.9 Å². The Morgan fingerprint density at radius 3 is 2.41 bits per heavy atom. The quantitative estimate of drug-likeness (QED) is 0.421. The lowest BCUT2D eigenvalue weighted by molar-refractivity contribution is 0.0734. The number of nitrogens with one attached hydrogen (secondary N) is 1. The van der Waals surface area contributed by atoms with Gasteiger partial charge in [-0.2, -0.15) is 0 Å². The first-order chi connectivity index (χ1) is 13.2. The van der Waals surface area contributed by atoms with Gasteiger partial charge in [-0.3, -0.25) is 0 Å². The number of fused-ring (bicyclic) bond motifs is 1. The van der Waals surface area contributed by atoms with Crippen LogP contribution in [-0.4, -0.2) is 15.9 Å². The van der Waals surface area contributed by atoms with Gasteiger partial charge in [-0.25, -0.2) is 19.2 Å². The number of carbonyl (C=O) groups excluding carboxylic acids is 1. The second kappa shape index (κ2) is 7.21. The van der Waals surface area contributed by atoms with Crippen molar-refractivity contribution >= 4 is 28.4 Å². The first kappa shape index (κ1) is 16.7. The maximum Gasteiger partial charge on any atom is 0.343 e. The molecule has 0 fully saturated rings. The second-order valence-electron chi connectivity index (χ2n) is 5.79. The fourth-order valence-corrected chi connectivity index (χ4v) is 2.60. The average Bonchev–Trinajstić information content (AvgIpc) is 2.70. The second-order valence-corrected chi connectivity index (χ2v) is 5.79. The smallest absolute Gasteiger partial charge is 0.343 e. The highest BCUT2D eigenvalue weighted by molar-refractivity contribution is 5.91. The molecule has 0 saturated heterocycles. The van der Waals surface area contributed by atoms with Gasteiger partial charge in [-0.15, -0.1) is 0 Å². The summed E-state index contributed by atoms with van der Waals surface area (Å²) in [4.78, 5) is 20.6. The van der Waals surface area contributed by atoms with E-state index in [2.05, 4.69) is 15.3 Å². The monoisotopic (exact) mass is 359 g/mol. The molecular weight excluding hydrogens is 345 g/mol. The van der Waals surface area contributed by atoms with Crippen molar-refractivity contribution in [3.8, 4) is 5.75 Å². The summed E-state index contributed by atoms with van der Waals surface area (Å²) >= 11 is 0. The Bertz CT molecular complexity index is 1090. The van der Waals surface area contributed by atoms with Gasteiger partial charge in [0.1, 0.15) is 23.7 Å². The van der Waals surface area contributed by atoms with Crippen molar-refractivity contribution in [2.24, 2.45) is 0 Å². The Morgan fingerprint density at radius 1 is 0.889 bits per heavy atom. The molecule has 0 spiro atoms. The lowest BCUT2D eigenvalue weighted by atomic mass is 10.2. The highest BCUT2D eigenvalue weighted by Gasteiger charge is 2.09. The summed E-state index contributed by atoms with van der Waals surface area (Å²) in [5, 5.41) is 4.14. The summed E-state index contributed by atoms with van der Waals surface area (Å²) in [6, 6.07) is 19.8. The zero-order valence-electron chi connectivity index (χ0n) is 14.1. The Labute approximate surface area is 154 Å². The van der Waals surface area contributed by atoms with Gasteiger partial charge in [0, 0.05) is 11.1 Å². The molecule has 4 aromatic rings. The Hall–Kier alpha value is -3.80. The third kappa shape index (κ3) is 3.74. The molecule has 6 heteroatoms. The van der Waals surface area contributed by atoms with Crippen molar-refractivity contribution < 1.29 is 13.9 Å². The molecule has 0 saturated carbocycles.